The monoisotopic (exact) mass is 269 g/mol. The maximum absolute atomic E-state index is 6.44. The van der Waals surface area contributed by atoms with Crippen LogP contribution in [0.3, 0.4) is 0 Å². The van der Waals surface area contributed by atoms with Crippen LogP contribution in [0.25, 0.3) is 0 Å². The zero-order valence-electron chi connectivity index (χ0n) is 13.8. The first-order valence-electron chi connectivity index (χ1n) is 8.24. The molecule has 1 aliphatic rings. The lowest BCUT2D eigenvalue weighted by molar-refractivity contribution is -0.0768. The van der Waals surface area contributed by atoms with Crippen LogP contribution < -0.4 is 5.73 Å². The van der Waals surface area contributed by atoms with Crippen molar-refractivity contribution in [2.75, 3.05) is 0 Å². The Bertz CT molecular complexity index is 260. The van der Waals surface area contributed by atoms with Crippen molar-refractivity contribution in [1.29, 1.82) is 0 Å². The van der Waals surface area contributed by atoms with Gasteiger partial charge in [-0.05, 0) is 40.5 Å². The predicted molar refractivity (Wildman–Crippen MR) is 83.3 cm³/mol. The molecule has 2 heteroatoms. The van der Waals surface area contributed by atoms with E-state index < -0.39 is 0 Å². The molecule has 1 rings (SSSR count). The van der Waals surface area contributed by atoms with Crippen molar-refractivity contribution in [3.63, 3.8) is 0 Å². The third-order valence-corrected chi connectivity index (χ3v) is 4.55. The predicted octanol–water partition coefficient (Wildman–Crippen LogP) is 4.66. The van der Waals surface area contributed by atoms with Gasteiger partial charge in [0.05, 0.1) is 11.2 Å². The summed E-state index contributed by atoms with van der Waals surface area (Å²) in [5, 5.41) is 0. The van der Waals surface area contributed by atoms with Crippen molar-refractivity contribution >= 4 is 0 Å². The van der Waals surface area contributed by atoms with Crippen molar-refractivity contribution in [1.82, 2.24) is 0 Å². The molecule has 0 saturated carbocycles. The second-order valence-corrected chi connectivity index (χ2v) is 7.50. The maximum Gasteiger partial charge on any atom is 0.0677 e. The lowest BCUT2D eigenvalue weighted by Gasteiger charge is -2.31. The Kier molecular flexibility index (Phi) is 6.32. The number of hydrogen-bond donors (Lipinski definition) is 1. The minimum atomic E-state index is -0.0644. The average Bonchev–Trinajstić information content (AvgIpc) is 2.51. The first-order chi connectivity index (χ1) is 8.78. The van der Waals surface area contributed by atoms with Crippen LogP contribution in [-0.2, 0) is 4.74 Å². The molecule has 1 aliphatic heterocycles. The fourth-order valence-electron chi connectivity index (χ4n) is 3.63. The third kappa shape index (κ3) is 5.43. The van der Waals surface area contributed by atoms with E-state index >= 15 is 0 Å². The lowest BCUT2D eigenvalue weighted by atomic mass is 9.80. The van der Waals surface area contributed by atoms with Crippen LogP contribution >= 0.6 is 0 Å². The van der Waals surface area contributed by atoms with E-state index in [4.69, 9.17) is 10.5 Å². The highest BCUT2D eigenvalue weighted by Gasteiger charge is 2.47. The average molecular weight is 269 g/mol. The van der Waals surface area contributed by atoms with Gasteiger partial charge in [0.2, 0.25) is 0 Å². The Morgan fingerprint density at radius 3 is 2.16 bits per heavy atom. The lowest BCUT2D eigenvalue weighted by Crippen LogP contribution is -2.41. The van der Waals surface area contributed by atoms with Gasteiger partial charge in [-0.2, -0.15) is 0 Å². The van der Waals surface area contributed by atoms with E-state index in [1.165, 1.54) is 38.5 Å². The molecule has 2 N–H and O–H groups in total. The molecule has 0 radical (unpaired) electrons. The van der Waals surface area contributed by atoms with Crippen molar-refractivity contribution in [2.24, 2.45) is 11.7 Å². The molecular weight excluding hydrogens is 234 g/mol. The van der Waals surface area contributed by atoms with Gasteiger partial charge in [0.1, 0.15) is 0 Å². The summed E-state index contributed by atoms with van der Waals surface area (Å²) in [6, 6.07) is 0.294. The fraction of sp³-hybridized carbons (Fsp3) is 1.00. The summed E-state index contributed by atoms with van der Waals surface area (Å²) in [4.78, 5) is 0. The molecule has 0 aromatic heterocycles. The van der Waals surface area contributed by atoms with Gasteiger partial charge in [-0.15, -0.1) is 0 Å². The van der Waals surface area contributed by atoms with E-state index in [0.29, 0.717) is 12.0 Å². The Labute approximate surface area is 120 Å². The molecule has 0 bridgehead atoms. The number of unbranched alkanes of at least 4 members (excludes halogenated alkanes) is 5. The summed E-state index contributed by atoms with van der Waals surface area (Å²) in [7, 11) is 0. The van der Waals surface area contributed by atoms with E-state index in [2.05, 4.69) is 34.6 Å². The van der Waals surface area contributed by atoms with Gasteiger partial charge in [-0.25, -0.2) is 0 Å². The minimum absolute atomic E-state index is 0.00703. The van der Waals surface area contributed by atoms with Crippen LogP contribution in [0.4, 0.5) is 0 Å². The number of hydrogen-bond acceptors (Lipinski definition) is 2. The zero-order chi connectivity index (χ0) is 14.5. The summed E-state index contributed by atoms with van der Waals surface area (Å²) in [6.45, 7) is 11.0. The Morgan fingerprint density at radius 2 is 1.63 bits per heavy atom. The summed E-state index contributed by atoms with van der Waals surface area (Å²) < 4.78 is 6.15. The first kappa shape index (κ1) is 17.0. The Balaban J connectivity index is 2.27. The van der Waals surface area contributed by atoms with Crippen molar-refractivity contribution in [3.8, 4) is 0 Å². The van der Waals surface area contributed by atoms with Crippen LogP contribution in [0.15, 0.2) is 0 Å². The van der Waals surface area contributed by atoms with E-state index in [1.807, 2.05) is 0 Å². The maximum atomic E-state index is 6.44. The van der Waals surface area contributed by atoms with Crippen LogP contribution in [0.5, 0.6) is 0 Å². The third-order valence-electron chi connectivity index (χ3n) is 4.55. The van der Waals surface area contributed by atoms with Crippen molar-refractivity contribution in [3.05, 3.63) is 0 Å². The molecule has 0 amide bonds. The molecule has 2 atom stereocenters. The smallest absolute Gasteiger partial charge is 0.0677 e. The topological polar surface area (TPSA) is 35.2 Å². The number of nitrogens with two attached hydrogens (primary N) is 1. The van der Waals surface area contributed by atoms with Gasteiger partial charge in [0.15, 0.2) is 0 Å². The van der Waals surface area contributed by atoms with Crippen LogP contribution in [0.2, 0.25) is 0 Å². The second kappa shape index (κ2) is 7.08. The molecule has 0 aliphatic carbocycles. The standard InChI is InChI=1S/C17H35NO/c1-6-7-8-9-10-11-12-15(18)14-13-16(2,3)19-17(14,4)5/h14-15H,6-13,18H2,1-5H3. The van der Waals surface area contributed by atoms with E-state index in [-0.39, 0.29) is 11.2 Å². The molecule has 2 nitrogen and oxygen atoms in total. The molecule has 1 fully saturated rings. The largest absolute Gasteiger partial charge is 0.369 e. The molecular formula is C17H35NO. The van der Waals surface area contributed by atoms with Crippen molar-refractivity contribution in [2.45, 2.75) is 103 Å². The summed E-state index contributed by atoms with van der Waals surface area (Å²) in [5.41, 5.74) is 6.37. The van der Waals surface area contributed by atoms with Crippen molar-refractivity contribution < 1.29 is 4.74 Å². The van der Waals surface area contributed by atoms with Gasteiger partial charge < -0.3 is 10.5 Å². The highest BCUT2D eigenvalue weighted by Crippen LogP contribution is 2.43. The quantitative estimate of drug-likeness (QED) is 0.651. The molecule has 114 valence electrons. The van der Waals surface area contributed by atoms with E-state index in [1.54, 1.807) is 0 Å². The SMILES string of the molecule is CCCCCCCCC(N)C1CC(C)(C)OC1(C)C. The van der Waals surface area contributed by atoms with Gasteiger partial charge in [0, 0.05) is 12.0 Å². The van der Waals surface area contributed by atoms with Crippen LogP contribution in [0.1, 0.15) is 86.0 Å². The van der Waals surface area contributed by atoms with Gasteiger partial charge in [-0.3, -0.25) is 0 Å². The molecule has 2 unspecified atom stereocenters. The zero-order valence-corrected chi connectivity index (χ0v) is 13.8. The molecule has 1 saturated heterocycles. The molecule has 0 aromatic rings. The van der Waals surface area contributed by atoms with Crippen LogP contribution in [0, 0.1) is 5.92 Å². The molecule has 0 aromatic carbocycles. The van der Waals surface area contributed by atoms with Crippen LogP contribution in [-0.4, -0.2) is 17.2 Å². The Morgan fingerprint density at radius 1 is 1.05 bits per heavy atom. The molecule has 0 spiro atoms. The summed E-state index contributed by atoms with van der Waals surface area (Å²) in [5.74, 6) is 0.498. The highest BCUT2D eigenvalue weighted by molar-refractivity contribution is 4.98. The Hall–Kier alpha value is -0.0800. The highest BCUT2D eigenvalue weighted by atomic mass is 16.5. The van der Waals surface area contributed by atoms with Gasteiger partial charge in [0.25, 0.3) is 0 Å². The summed E-state index contributed by atoms with van der Waals surface area (Å²) >= 11 is 0. The second-order valence-electron chi connectivity index (χ2n) is 7.50. The van der Waals surface area contributed by atoms with E-state index in [9.17, 15) is 0 Å². The summed E-state index contributed by atoms with van der Waals surface area (Å²) in [6.07, 6.45) is 10.3. The molecule has 19 heavy (non-hydrogen) atoms. The minimum Gasteiger partial charge on any atom is -0.369 e. The first-order valence-corrected chi connectivity index (χ1v) is 8.24. The molecule has 1 heterocycles. The number of rotatable bonds is 8. The van der Waals surface area contributed by atoms with Gasteiger partial charge >= 0.3 is 0 Å². The van der Waals surface area contributed by atoms with E-state index in [0.717, 1.165) is 12.8 Å². The number of ether oxygens (including phenoxy) is 1. The van der Waals surface area contributed by atoms with Gasteiger partial charge in [-0.1, -0.05) is 45.4 Å². The normalized spacial score (nSPS) is 26.5. The fourth-order valence-corrected chi connectivity index (χ4v) is 3.63.